The average molecular weight is 414 g/mol. The molecule has 0 spiro atoms. The molecule has 1 aliphatic rings. The number of ether oxygens (including phenoxy) is 4. The summed E-state index contributed by atoms with van der Waals surface area (Å²) in [6, 6.07) is 0. The molecule has 0 radical (unpaired) electrons. The van der Waals surface area contributed by atoms with Crippen molar-refractivity contribution >= 4 is 11.8 Å². The second-order valence-corrected chi connectivity index (χ2v) is 6.71. The molecule has 0 unspecified atom stereocenters. The number of nitrogens with one attached hydrogen (secondary N) is 1. The molecule has 1 aromatic heterocycles. The van der Waals surface area contributed by atoms with Crippen molar-refractivity contribution in [3.05, 3.63) is 32.6 Å². The van der Waals surface area contributed by atoms with Crippen molar-refractivity contribution in [2.75, 3.05) is 26.9 Å². The number of aryl methyl sites for hydroxylation is 1. The molecule has 2 heterocycles. The molecule has 1 aliphatic heterocycles. The van der Waals surface area contributed by atoms with Crippen molar-refractivity contribution < 1.29 is 33.6 Å². The molecule has 0 aromatic carbocycles. The number of H-pyrrole nitrogens is 1. The van der Waals surface area contributed by atoms with E-state index in [4.69, 9.17) is 18.9 Å². The molecule has 11 nitrogen and oxygen atoms in total. The average Bonchev–Trinajstić information content (AvgIpc) is 3.00. The van der Waals surface area contributed by atoms with Crippen LogP contribution in [0, 0.1) is 6.92 Å². The maximum absolute atomic E-state index is 12.3. The minimum atomic E-state index is -1.06. The zero-order valence-corrected chi connectivity index (χ0v) is 16.6. The fourth-order valence-corrected chi connectivity index (χ4v) is 2.93. The van der Waals surface area contributed by atoms with E-state index < -0.39 is 48.4 Å². The summed E-state index contributed by atoms with van der Waals surface area (Å²) in [5.74, 6) is -0.817. The molecule has 11 heteroatoms. The maximum atomic E-state index is 12.3. The van der Waals surface area contributed by atoms with Crippen LogP contribution in [0.4, 0.5) is 0 Å². The van der Waals surface area contributed by atoms with Crippen LogP contribution in [0.3, 0.4) is 0 Å². The molecule has 0 amide bonds. The van der Waals surface area contributed by atoms with E-state index in [2.05, 4.69) is 4.98 Å². The molecule has 1 saturated heterocycles. The molecular formula is C18H26N2O9. The van der Waals surface area contributed by atoms with Gasteiger partial charge in [-0.2, -0.15) is 0 Å². The molecule has 1 aromatic rings. The summed E-state index contributed by atoms with van der Waals surface area (Å²) in [4.78, 5) is 49.4. The largest absolute Gasteiger partial charge is 0.456 e. The van der Waals surface area contributed by atoms with Crippen LogP contribution in [0.25, 0.3) is 0 Å². The first-order valence-electron chi connectivity index (χ1n) is 9.16. The molecule has 0 saturated carbocycles. The summed E-state index contributed by atoms with van der Waals surface area (Å²) < 4.78 is 23.0. The van der Waals surface area contributed by atoms with E-state index in [0.29, 0.717) is 0 Å². The molecule has 0 bridgehead atoms. The van der Waals surface area contributed by atoms with Gasteiger partial charge in [-0.25, -0.2) is 4.79 Å². The van der Waals surface area contributed by atoms with E-state index in [1.165, 1.54) is 27.2 Å². The third kappa shape index (κ3) is 5.82. The summed E-state index contributed by atoms with van der Waals surface area (Å²) in [7, 11) is 1.48. The lowest BCUT2D eigenvalue weighted by atomic mass is 10.1. The first kappa shape index (κ1) is 22.9. The molecular weight excluding hydrogens is 388 g/mol. The Bertz CT molecular complexity index is 831. The lowest BCUT2D eigenvalue weighted by Gasteiger charge is -2.25. The maximum Gasteiger partial charge on any atom is 0.330 e. The highest BCUT2D eigenvalue weighted by atomic mass is 16.6. The van der Waals surface area contributed by atoms with Gasteiger partial charge in [0.25, 0.3) is 5.56 Å². The molecule has 2 N–H and O–H groups in total. The third-order valence-electron chi connectivity index (χ3n) is 4.43. The van der Waals surface area contributed by atoms with Crippen LogP contribution < -0.4 is 11.2 Å². The van der Waals surface area contributed by atoms with Gasteiger partial charge in [0.15, 0.2) is 12.3 Å². The highest BCUT2D eigenvalue weighted by Gasteiger charge is 2.49. The van der Waals surface area contributed by atoms with Gasteiger partial charge >= 0.3 is 11.7 Å². The van der Waals surface area contributed by atoms with Crippen LogP contribution in [0.15, 0.2) is 15.8 Å². The minimum Gasteiger partial charge on any atom is -0.456 e. The summed E-state index contributed by atoms with van der Waals surface area (Å²) in [5.41, 5.74) is -0.996. The number of hydrogen-bond acceptors (Lipinski definition) is 9. The van der Waals surface area contributed by atoms with E-state index in [1.54, 1.807) is 0 Å². The van der Waals surface area contributed by atoms with Crippen molar-refractivity contribution in [3.8, 4) is 0 Å². The van der Waals surface area contributed by atoms with Crippen molar-refractivity contribution in [1.29, 1.82) is 0 Å². The van der Waals surface area contributed by atoms with Crippen LogP contribution in [-0.2, 0) is 28.5 Å². The second-order valence-electron chi connectivity index (χ2n) is 6.71. The Morgan fingerprint density at radius 3 is 2.59 bits per heavy atom. The van der Waals surface area contributed by atoms with E-state index in [-0.39, 0.29) is 37.4 Å². The third-order valence-corrected chi connectivity index (χ3v) is 4.43. The number of Topliss-reactive ketones (excluding diaryl/α,β-unsaturated/α-hetero) is 1. The predicted molar refractivity (Wildman–Crippen MR) is 98.5 cm³/mol. The molecule has 1 fully saturated rings. The number of nitrogens with zero attached hydrogens (tertiary/aromatic N) is 1. The number of esters is 1. The standard InChI is InChI=1S/C18H26N2O9/c1-10-8-20(18(25)19-16(10)24)17-15(27-7-6-26-3)14(12(9-21)28-17)29-13(23)5-4-11(2)22/h8,12,14-15,17,21H,4-7,9H2,1-3H3,(H,19,24,25)/t12-,14-,15-,17-/m1/s1. The highest BCUT2D eigenvalue weighted by molar-refractivity contribution is 5.81. The van der Waals surface area contributed by atoms with Gasteiger partial charge in [0.2, 0.25) is 0 Å². The summed E-state index contributed by atoms with van der Waals surface area (Å²) >= 11 is 0. The Balaban J connectivity index is 2.31. The van der Waals surface area contributed by atoms with Crippen LogP contribution in [0.5, 0.6) is 0 Å². The van der Waals surface area contributed by atoms with Crippen molar-refractivity contribution in [1.82, 2.24) is 9.55 Å². The van der Waals surface area contributed by atoms with E-state index in [1.807, 2.05) is 0 Å². The van der Waals surface area contributed by atoms with Gasteiger partial charge < -0.3 is 28.8 Å². The molecule has 0 aliphatic carbocycles. The SMILES string of the molecule is COCCO[C@@H]1[C@H](OC(=O)CCC(C)=O)[C@@H](CO)O[C@H]1n1cc(C)c(=O)[nH]c1=O. The number of carbonyl (C=O) groups excluding carboxylic acids is 2. The Kier molecular flexibility index (Phi) is 8.26. The number of aliphatic hydroxyl groups is 1. The predicted octanol–water partition coefficient (Wildman–Crippen LogP) is -0.953. The normalized spacial score (nSPS) is 23.9. The fraction of sp³-hybridized carbons (Fsp3) is 0.667. The van der Waals surface area contributed by atoms with E-state index >= 15 is 0 Å². The van der Waals surface area contributed by atoms with Gasteiger partial charge in [-0.15, -0.1) is 0 Å². The highest BCUT2D eigenvalue weighted by Crippen LogP contribution is 2.33. The number of ketones is 1. The Morgan fingerprint density at radius 1 is 1.24 bits per heavy atom. The fourth-order valence-electron chi connectivity index (χ4n) is 2.93. The monoisotopic (exact) mass is 414 g/mol. The number of rotatable bonds is 10. The first-order valence-corrected chi connectivity index (χ1v) is 9.16. The Labute approximate surface area is 166 Å². The number of aromatic amines is 1. The smallest absolute Gasteiger partial charge is 0.330 e. The van der Waals surface area contributed by atoms with Gasteiger partial charge in [-0.05, 0) is 13.8 Å². The van der Waals surface area contributed by atoms with Gasteiger partial charge in [0, 0.05) is 25.3 Å². The molecule has 2 rings (SSSR count). The Morgan fingerprint density at radius 2 is 1.97 bits per heavy atom. The van der Waals surface area contributed by atoms with Crippen LogP contribution in [-0.4, -0.2) is 71.7 Å². The van der Waals surface area contributed by atoms with Crippen molar-refractivity contribution in [3.63, 3.8) is 0 Å². The van der Waals surface area contributed by atoms with E-state index in [9.17, 15) is 24.3 Å². The summed E-state index contributed by atoms with van der Waals surface area (Å²) in [5, 5.41) is 9.69. The lowest BCUT2D eigenvalue weighted by molar-refractivity contribution is -0.159. The number of aromatic nitrogens is 2. The number of carbonyl (C=O) groups is 2. The molecule has 4 atom stereocenters. The van der Waals surface area contributed by atoms with Crippen molar-refractivity contribution in [2.24, 2.45) is 0 Å². The molecule has 162 valence electrons. The van der Waals surface area contributed by atoms with Gasteiger partial charge in [0.05, 0.1) is 26.2 Å². The molecule has 29 heavy (non-hydrogen) atoms. The van der Waals surface area contributed by atoms with Crippen LogP contribution in [0.1, 0.15) is 31.6 Å². The minimum absolute atomic E-state index is 0.0212. The van der Waals surface area contributed by atoms with Crippen LogP contribution in [0.2, 0.25) is 0 Å². The van der Waals surface area contributed by atoms with Crippen LogP contribution >= 0.6 is 0 Å². The second kappa shape index (κ2) is 10.4. The van der Waals surface area contributed by atoms with Gasteiger partial charge in [0.1, 0.15) is 18.0 Å². The lowest BCUT2D eigenvalue weighted by Crippen LogP contribution is -2.42. The summed E-state index contributed by atoms with van der Waals surface area (Å²) in [6.45, 7) is 2.73. The number of hydrogen-bond donors (Lipinski definition) is 2. The zero-order chi connectivity index (χ0) is 21.6. The number of aliphatic hydroxyl groups excluding tert-OH is 1. The quantitative estimate of drug-likeness (QED) is 0.365. The van der Waals surface area contributed by atoms with E-state index in [0.717, 1.165) is 4.57 Å². The first-order chi connectivity index (χ1) is 13.8. The van der Waals surface area contributed by atoms with Gasteiger partial charge in [-0.3, -0.25) is 19.1 Å². The van der Waals surface area contributed by atoms with Gasteiger partial charge in [-0.1, -0.05) is 0 Å². The van der Waals surface area contributed by atoms with Crippen molar-refractivity contribution in [2.45, 2.75) is 51.2 Å². The summed E-state index contributed by atoms with van der Waals surface area (Å²) in [6.07, 6.45) is -2.80. The Hall–Kier alpha value is -2.34. The zero-order valence-electron chi connectivity index (χ0n) is 16.6. The topological polar surface area (TPSA) is 146 Å². The number of methoxy groups -OCH3 is 1.